The molecule has 0 bridgehead atoms. The fourth-order valence-corrected chi connectivity index (χ4v) is 2.80. The van der Waals surface area contributed by atoms with Gasteiger partial charge in [0.15, 0.2) is 0 Å². The summed E-state index contributed by atoms with van der Waals surface area (Å²) < 4.78 is 5.40. The number of hydrogen-bond acceptors (Lipinski definition) is 5. The molecule has 0 atom stereocenters. The average Bonchev–Trinajstić information content (AvgIpc) is 3.08. The highest BCUT2D eigenvalue weighted by Gasteiger charge is 2.16. The van der Waals surface area contributed by atoms with Crippen LogP contribution < -0.4 is 5.32 Å². The maximum atomic E-state index is 5.40. The number of aryl methyl sites for hydroxylation is 1. The van der Waals surface area contributed by atoms with E-state index in [1.165, 1.54) is 17.5 Å². The van der Waals surface area contributed by atoms with Gasteiger partial charge in [-0.25, -0.2) is 4.98 Å². The molecule has 1 N–H and O–H groups in total. The van der Waals surface area contributed by atoms with Crippen molar-refractivity contribution < 1.29 is 4.52 Å². The van der Waals surface area contributed by atoms with Crippen LogP contribution in [0.2, 0.25) is 0 Å². The van der Waals surface area contributed by atoms with Crippen LogP contribution in [0, 0.1) is 6.92 Å². The Kier molecular flexibility index (Phi) is 4.12. The molecule has 0 amide bonds. The first-order valence-corrected chi connectivity index (χ1v) is 8.26. The number of hydrogen-bond donors (Lipinski definition) is 1. The van der Waals surface area contributed by atoms with E-state index >= 15 is 0 Å². The average molecular weight is 330 g/mol. The molecule has 0 aliphatic carbocycles. The summed E-state index contributed by atoms with van der Waals surface area (Å²) in [6, 6.07) is 18.5. The van der Waals surface area contributed by atoms with Gasteiger partial charge in [0.1, 0.15) is 23.2 Å². The van der Waals surface area contributed by atoms with Gasteiger partial charge in [0.25, 0.3) is 5.71 Å². The Morgan fingerprint density at radius 2 is 1.76 bits per heavy atom. The third-order valence-corrected chi connectivity index (χ3v) is 4.15. The standard InChI is InChI=1S/C20H18N4O/c1-14-7-9-16(10-8-14)18-17-19(22-13-23-20(17)25-24-18)21-12-11-15-5-3-2-4-6-15/h2-10,13H,11-12H2,1H3,(H,21,22,23). The summed E-state index contributed by atoms with van der Waals surface area (Å²) in [6.45, 7) is 2.83. The minimum Gasteiger partial charge on any atom is -0.369 e. The molecule has 2 aromatic carbocycles. The van der Waals surface area contributed by atoms with E-state index in [1.54, 1.807) is 0 Å². The zero-order valence-corrected chi connectivity index (χ0v) is 13.9. The third-order valence-electron chi connectivity index (χ3n) is 4.15. The van der Waals surface area contributed by atoms with Crippen LogP contribution in [0.5, 0.6) is 0 Å². The second kappa shape index (κ2) is 6.73. The molecular formula is C20H18N4O. The normalized spacial score (nSPS) is 10.9. The number of nitrogens with zero attached hydrogens (tertiary/aromatic N) is 3. The largest absolute Gasteiger partial charge is 0.369 e. The van der Waals surface area contributed by atoms with Gasteiger partial charge in [-0.05, 0) is 18.9 Å². The molecule has 5 heteroatoms. The zero-order chi connectivity index (χ0) is 17.1. The summed E-state index contributed by atoms with van der Waals surface area (Å²) in [4.78, 5) is 8.58. The van der Waals surface area contributed by atoms with E-state index in [0.29, 0.717) is 5.71 Å². The Balaban J connectivity index is 1.62. The minimum absolute atomic E-state index is 0.493. The first kappa shape index (κ1) is 15.3. The van der Waals surface area contributed by atoms with Crippen LogP contribution in [-0.4, -0.2) is 21.7 Å². The second-order valence-electron chi connectivity index (χ2n) is 5.96. The van der Waals surface area contributed by atoms with Crippen molar-refractivity contribution in [3.05, 3.63) is 72.1 Å². The molecule has 0 aliphatic rings. The molecule has 0 spiro atoms. The van der Waals surface area contributed by atoms with Gasteiger partial charge in [-0.3, -0.25) is 0 Å². The van der Waals surface area contributed by atoms with Gasteiger partial charge < -0.3 is 9.84 Å². The van der Waals surface area contributed by atoms with Crippen molar-refractivity contribution in [2.45, 2.75) is 13.3 Å². The van der Waals surface area contributed by atoms with Gasteiger partial charge in [-0.1, -0.05) is 65.3 Å². The van der Waals surface area contributed by atoms with E-state index in [-0.39, 0.29) is 0 Å². The van der Waals surface area contributed by atoms with E-state index < -0.39 is 0 Å². The van der Waals surface area contributed by atoms with Gasteiger partial charge >= 0.3 is 0 Å². The molecule has 25 heavy (non-hydrogen) atoms. The van der Waals surface area contributed by atoms with E-state index in [2.05, 4.69) is 51.6 Å². The molecule has 0 radical (unpaired) electrons. The highest BCUT2D eigenvalue weighted by atomic mass is 16.5. The summed E-state index contributed by atoms with van der Waals surface area (Å²) in [5.41, 5.74) is 4.73. The first-order chi connectivity index (χ1) is 12.3. The highest BCUT2D eigenvalue weighted by molar-refractivity contribution is 5.97. The van der Waals surface area contributed by atoms with Crippen LogP contribution in [0.1, 0.15) is 11.1 Å². The van der Waals surface area contributed by atoms with Crippen molar-refractivity contribution in [3.63, 3.8) is 0 Å². The molecule has 0 saturated carbocycles. The number of benzene rings is 2. The van der Waals surface area contributed by atoms with Crippen LogP contribution in [0.25, 0.3) is 22.4 Å². The minimum atomic E-state index is 0.493. The number of fused-ring (bicyclic) bond motifs is 1. The maximum Gasteiger partial charge on any atom is 0.263 e. The van der Waals surface area contributed by atoms with E-state index in [1.807, 2.05) is 30.3 Å². The van der Waals surface area contributed by atoms with Crippen LogP contribution in [0.3, 0.4) is 0 Å². The van der Waals surface area contributed by atoms with Crippen molar-refractivity contribution in [1.29, 1.82) is 0 Å². The molecule has 0 fully saturated rings. The topological polar surface area (TPSA) is 63.8 Å². The number of aromatic nitrogens is 3. The van der Waals surface area contributed by atoms with Crippen molar-refractivity contribution in [2.24, 2.45) is 0 Å². The Morgan fingerprint density at radius 1 is 0.960 bits per heavy atom. The van der Waals surface area contributed by atoms with Gasteiger partial charge in [-0.15, -0.1) is 0 Å². The SMILES string of the molecule is Cc1ccc(-c2noc3ncnc(NCCc4ccccc4)c23)cc1. The van der Waals surface area contributed by atoms with Gasteiger partial charge in [0, 0.05) is 12.1 Å². The Morgan fingerprint density at radius 3 is 2.56 bits per heavy atom. The van der Waals surface area contributed by atoms with Gasteiger partial charge in [-0.2, -0.15) is 4.98 Å². The van der Waals surface area contributed by atoms with Crippen LogP contribution in [0.4, 0.5) is 5.82 Å². The van der Waals surface area contributed by atoms with E-state index in [9.17, 15) is 0 Å². The molecular weight excluding hydrogens is 312 g/mol. The summed E-state index contributed by atoms with van der Waals surface area (Å²) >= 11 is 0. The predicted octanol–water partition coefficient (Wildman–Crippen LogP) is 4.25. The fourth-order valence-electron chi connectivity index (χ4n) is 2.80. The van der Waals surface area contributed by atoms with Crippen molar-refractivity contribution in [1.82, 2.24) is 15.1 Å². The number of rotatable bonds is 5. The second-order valence-corrected chi connectivity index (χ2v) is 5.96. The third kappa shape index (κ3) is 3.21. The lowest BCUT2D eigenvalue weighted by molar-refractivity contribution is 0.451. The summed E-state index contributed by atoms with van der Waals surface area (Å²) in [7, 11) is 0. The molecule has 0 aliphatic heterocycles. The summed E-state index contributed by atoms with van der Waals surface area (Å²) in [5, 5.41) is 8.42. The Hall–Kier alpha value is -3.21. The molecule has 0 unspecified atom stereocenters. The van der Waals surface area contributed by atoms with Crippen LogP contribution in [-0.2, 0) is 6.42 Å². The van der Waals surface area contributed by atoms with Crippen molar-refractivity contribution >= 4 is 16.9 Å². The zero-order valence-electron chi connectivity index (χ0n) is 13.9. The molecule has 124 valence electrons. The lowest BCUT2D eigenvalue weighted by Crippen LogP contribution is -2.07. The molecule has 2 heterocycles. The van der Waals surface area contributed by atoms with Gasteiger partial charge in [0.2, 0.25) is 0 Å². The molecule has 0 saturated heterocycles. The summed E-state index contributed by atoms with van der Waals surface area (Å²) in [6.07, 6.45) is 2.41. The molecule has 4 aromatic rings. The molecule has 4 rings (SSSR count). The maximum absolute atomic E-state index is 5.40. The first-order valence-electron chi connectivity index (χ1n) is 8.26. The quantitative estimate of drug-likeness (QED) is 0.593. The predicted molar refractivity (Wildman–Crippen MR) is 98.4 cm³/mol. The lowest BCUT2D eigenvalue weighted by Gasteiger charge is -2.07. The fraction of sp³-hybridized carbons (Fsp3) is 0.150. The Labute approximate surface area is 145 Å². The Bertz CT molecular complexity index is 978. The van der Waals surface area contributed by atoms with Crippen molar-refractivity contribution in [2.75, 3.05) is 11.9 Å². The van der Waals surface area contributed by atoms with Crippen LogP contribution in [0.15, 0.2) is 65.4 Å². The number of anilines is 1. The van der Waals surface area contributed by atoms with Gasteiger partial charge in [0.05, 0.1) is 0 Å². The summed E-state index contributed by atoms with van der Waals surface area (Å²) in [5.74, 6) is 0.748. The molecule has 2 aromatic heterocycles. The monoisotopic (exact) mass is 330 g/mol. The smallest absolute Gasteiger partial charge is 0.263 e. The highest BCUT2D eigenvalue weighted by Crippen LogP contribution is 2.31. The van der Waals surface area contributed by atoms with E-state index in [4.69, 9.17) is 4.52 Å². The molecule has 5 nitrogen and oxygen atoms in total. The number of nitrogens with one attached hydrogen (secondary N) is 1. The van der Waals surface area contributed by atoms with Crippen LogP contribution >= 0.6 is 0 Å². The van der Waals surface area contributed by atoms with Crippen molar-refractivity contribution in [3.8, 4) is 11.3 Å². The lowest BCUT2D eigenvalue weighted by atomic mass is 10.1. The van der Waals surface area contributed by atoms with E-state index in [0.717, 1.165) is 35.4 Å².